The van der Waals surface area contributed by atoms with Crippen LogP contribution in [0.3, 0.4) is 0 Å². The van der Waals surface area contributed by atoms with Gasteiger partial charge in [0.25, 0.3) is 0 Å². The van der Waals surface area contributed by atoms with Crippen molar-refractivity contribution in [2.45, 2.75) is 59.0 Å². The lowest BCUT2D eigenvalue weighted by atomic mass is 9.95. The van der Waals surface area contributed by atoms with E-state index in [1.165, 1.54) is 0 Å². The van der Waals surface area contributed by atoms with Crippen molar-refractivity contribution in [3.63, 3.8) is 0 Å². The Balaban J connectivity index is 1.76. The van der Waals surface area contributed by atoms with Crippen LogP contribution < -0.4 is 5.32 Å². The molecule has 0 spiro atoms. The third-order valence-electron chi connectivity index (χ3n) is 4.60. The molecule has 1 aliphatic rings. The lowest BCUT2D eigenvalue weighted by Crippen LogP contribution is -2.37. The van der Waals surface area contributed by atoms with Crippen molar-refractivity contribution in [1.82, 2.24) is 15.1 Å². The van der Waals surface area contributed by atoms with Gasteiger partial charge in [-0.05, 0) is 32.4 Å². The lowest BCUT2D eigenvalue weighted by Gasteiger charge is -2.26. The number of nitrogens with zero attached hydrogens (tertiary/aromatic N) is 3. The fraction of sp³-hybridized carbons (Fsp3) is 0.474. The summed E-state index contributed by atoms with van der Waals surface area (Å²) in [5, 5.41) is 10.8. The van der Waals surface area contributed by atoms with Gasteiger partial charge in [-0.3, -0.25) is 9.59 Å². The standard InChI is InChI=1S/C19H24N4O3/c1-5-16-21-22-17(26-16)10-23(11(2)3)18(24)9-14-13-8-12(4)6-7-15(13)20-19(14)25/h6-8,11,14H,5,9-10H2,1-4H3,(H,20,25). The second kappa shape index (κ2) is 7.27. The molecule has 0 aliphatic carbocycles. The summed E-state index contributed by atoms with van der Waals surface area (Å²) in [5.41, 5.74) is 2.74. The van der Waals surface area contributed by atoms with E-state index in [4.69, 9.17) is 4.42 Å². The molecule has 1 aromatic heterocycles. The van der Waals surface area contributed by atoms with Gasteiger partial charge in [0, 0.05) is 24.6 Å². The number of aryl methyl sites for hydroxylation is 2. The van der Waals surface area contributed by atoms with Crippen molar-refractivity contribution in [2.75, 3.05) is 5.32 Å². The van der Waals surface area contributed by atoms with Gasteiger partial charge in [-0.15, -0.1) is 10.2 Å². The first-order valence-electron chi connectivity index (χ1n) is 8.91. The molecule has 7 nitrogen and oxygen atoms in total. The van der Waals surface area contributed by atoms with Crippen LogP contribution in [0.4, 0.5) is 5.69 Å². The molecular weight excluding hydrogens is 332 g/mol. The van der Waals surface area contributed by atoms with Gasteiger partial charge in [0.15, 0.2) is 0 Å². The third kappa shape index (κ3) is 3.61. The Hall–Kier alpha value is -2.70. The SMILES string of the molecule is CCc1nnc(CN(C(=O)CC2C(=O)Nc3ccc(C)cc32)C(C)C)o1. The number of nitrogens with one attached hydrogen (secondary N) is 1. The van der Waals surface area contributed by atoms with Crippen LogP contribution in [0.1, 0.15) is 56.0 Å². The molecule has 7 heteroatoms. The zero-order chi connectivity index (χ0) is 18.8. The topological polar surface area (TPSA) is 88.3 Å². The van der Waals surface area contributed by atoms with Crippen molar-refractivity contribution in [3.8, 4) is 0 Å². The summed E-state index contributed by atoms with van der Waals surface area (Å²) in [6.07, 6.45) is 0.774. The molecule has 2 amide bonds. The number of anilines is 1. The van der Waals surface area contributed by atoms with Crippen LogP contribution >= 0.6 is 0 Å². The summed E-state index contributed by atoms with van der Waals surface area (Å²) >= 11 is 0. The summed E-state index contributed by atoms with van der Waals surface area (Å²) in [4.78, 5) is 26.9. The first-order valence-corrected chi connectivity index (χ1v) is 8.91. The number of fused-ring (bicyclic) bond motifs is 1. The van der Waals surface area contributed by atoms with Gasteiger partial charge in [0.2, 0.25) is 23.6 Å². The second-order valence-electron chi connectivity index (χ2n) is 6.90. The van der Waals surface area contributed by atoms with Crippen molar-refractivity contribution in [2.24, 2.45) is 0 Å². The summed E-state index contributed by atoms with van der Waals surface area (Å²) < 4.78 is 5.53. The van der Waals surface area contributed by atoms with E-state index in [9.17, 15) is 9.59 Å². The van der Waals surface area contributed by atoms with Gasteiger partial charge in [-0.2, -0.15) is 0 Å². The highest BCUT2D eigenvalue weighted by molar-refractivity contribution is 6.05. The third-order valence-corrected chi connectivity index (χ3v) is 4.60. The minimum atomic E-state index is -0.465. The quantitative estimate of drug-likeness (QED) is 0.860. The zero-order valence-electron chi connectivity index (χ0n) is 15.6. The Bertz CT molecular complexity index is 828. The van der Waals surface area contributed by atoms with Gasteiger partial charge in [0.1, 0.15) is 0 Å². The maximum Gasteiger partial charge on any atom is 0.235 e. The number of carbonyl (C=O) groups is 2. The highest BCUT2D eigenvalue weighted by Crippen LogP contribution is 2.35. The number of carbonyl (C=O) groups excluding carboxylic acids is 2. The number of hydrogen-bond donors (Lipinski definition) is 1. The maximum absolute atomic E-state index is 12.9. The van der Waals surface area contributed by atoms with Crippen LogP contribution in [0.2, 0.25) is 0 Å². The fourth-order valence-corrected chi connectivity index (χ4v) is 3.14. The van der Waals surface area contributed by atoms with Crippen LogP contribution in [0, 0.1) is 6.92 Å². The molecule has 0 radical (unpaired) electrons. The van der Waals surface area contributed by atoms with E-state index in [1.54, 1.807) is 4.90 Å². The van der Waals surface area contributed by atoms with E-state index >= 15 is 0 Å². The predicted octanol–water partition coefficient (Wildman–Crippen LogP) is 2.80. The van der Waals surface area contributed by atoms with Crippen LogP contribution in [-0.4, -0.2) is 33.0 Å². The predicted molar refractivity (Wildman–Crippen MR) is 96.5 cm³/mol. The Kier molecular flexibility index (Phi) is 5.06. The maximum atomic E-state index is 12.9. The summed E-state index contributed by atoms with van der Waals surface area (Å²) in [7, 11) is 0. The minimum Gasteiger partial charge on any atom is -0.423 e. The van der Waals surface area contributed by atoms with Crippen molar-refractivity contribution in [1.29, 1.82) is 0 Å². The van der Waals surface area contributed by atoms with Crippen LogP contribution in [0.25, 0.3) is 0 Å². The highest BCUT2D eigenvalue weighted by Gasteiger charge is 2.34. The first-order chi connectivity index (χ1) is 12.4. The smallest absolute Gasteiger partial charge is 0.235 e. The summed E-state index contributed by atoms with van der Waals surface area (Å²) in [5.74, 6) is 0.263. The summed E-state index contributed by atoms with van der Waals surface area (Å²) in [6.45, 7) is 8.02. The van der Waals surface area contributed by atoms with Gasteiger partial charge in [0.05, 0.1) is 12.5 Å². The number of hydrogen-bond acceptors (Lipinski definition) is 5. The molecule has 1 aromatic carbocycles. The van der Waals surface area contributed by atoms with Crippen molar-refractivity contribution >= 4 is 17.5 Å². The minimum absolute atomic E-state index is 0.0408. The molecule has 26 heavy (non-hydrogen) atoms. The van der Waals surface area contributed by atoms with E-state index in [1.807, 2.05) is 45.9 Å². The van der Waals surface area contributed by atoms with Crippen LogP contribution in [-0.2, 0) is 22.6 Å². The number of benzene rings is 1. The Labute approximate surface area is 152 Å². The number of rotatable bonds is 6. The average molecular weight is 356 g/mol. The van der Waals surface area contributed by atoms with E-state index in [0.29, 0.717) is 18.2 Å². The molecule has 0 saturated carbocycles. The molecule has 1 unspecified atom stereocenters. The van der Waals surface area contributed by atoms with E-state index in [0.717, 1.165) is 16.8 Å². The monoisotopic (exact) mass is 356 g/mol. The van der Waals surface area contributed by atoms with Gasteiger partial charge < -0.3 is 14.6 Å². The number of amides is 2. The van der Waals surface area contributed by atoms with Crippen LogP contribution in [0.15, 0.2) is 22.6 Å². The molecular formula is C19H24N4O3. The molecule has 2 heterocycles. The molecule has 1 aliphatic heterocycles. The second-order valence-corrected chi connectivity index (χ2v) is 6.90. The van der Waals surface area contributed by atoms with Crippen molar-refractivity contribution in [3.05, 3.63) is 41.1 Å². The number of aromatic nitrogens is 2. The molecule has 1 N–H and O–H groups in total. The fourth-order valence-electron chi connectivity index (χ4n) is 3.14. The Morgan fingerprint density at radius 3 is 2.69 bits per heavy atom. The Morgan fingerprint density at radius 2 is 2.04 bits per heavy atom. The zero-order valence-corrected chi connectivity index (χ0v) is 15.6. The lowest BCUT2D eigenvalue weighted by molar-refractivity contribution is -0.136. The average Bonchev–Trinajstić information content (AvgIpc) is 3.17. The molecule has 0 bridgehead atoms. The molecule has 0 saturated heterocycles. The van der Waals surface area contributed by atoms with E-state index < -0.39 is 5.92 Å². The van der Waals surface area contributed by atoms with E-state index in [-0.39, 0.29) is 30.8 Å². The molecule has 2 aromatic rings. The molecule has 3 rings (SSSR count). The van der Waals surface area contributed by atoms with Gasteiger partial charge >= 0.3 is 0 Å². The van der Waals surface area contributed by atoms with Gasteiger partial charge in [-0.1, -0.05) is 24.6 Å². The first kappa shape index (κ1) is 18.1. The highest BCUT2D eigenvalue weighted by atomic mass is 16.4. The normalized spacial score (nSPS) is 15.9. The largest absolute Gasteiger partial charge is 0.423 e. The molecule has 1 atom stereocenters. The summed E-state index contributed by atoms with van der Waals surface area (Å²) in [6, 6.07) is 5.76. The van der Waals surface area contributed by atoms with Crippen molar-refractivity contribution < 1.29 is 14.0 Å². The Morgan fingerprint density at radius 1 is 1.31 bits per heavy atom. The van der Waals surface area contributed by atoms with Crippen LogP contribution in [0.5, 0.6) is 0 Å². The van der Waals surface area contributed by atoms with E-state index in [2.05, 4.69) is 15.5 Å². The molecule has 138 valence electrons. The molecule has 0 fully saturated rings. The van der Waals surface area contributed by atoms with Gasteiger partial charge in [-0.25, -0.2) is 0 Å².